The first kappa shape index (κ1) is 21.3. The molecule has 3 heterocycles. The van der Waals surface area contributed by atoms with E-state index in [0.29, 0.717) is 35.3 Å². The van der Waals surface area contributed by atoms with Crippen molar-refractivity contribution in [3.63, 3.8) is 0 Å². The van der Waals surface area contributed by atoms with Gasteiger partial charge in [-0.25, -0.2) is 15.0 Å². The molecule has 0 spiro atoms. The van der Waals surface area contributed by atoms with Crippen LogP contribution in [0.2, 0.25) is 0 Å². The molecule has 5 aromatic rings. The summed E-state index contributed by atoms with van der Waals surface area (Å²) in [7, 11) is 0. The summed E-state index contributed by atoms with van der Waals surface area (Å²) in [4.78, 5) is 14.1. The van der Waals surface area contributed by atoms with E-state index in [-0.39, 0.29) is 0 Å². The molecule has 0 atom stereocenters. The lowest BCUT2D eigenvalue weighted by Gasteiger charge is -2.16. The van der Waals surface area contributed by atoms with Crippen molar-refractivity contribution in [2.24, 2.45) is 0 Å². The number of para-hydroxylation sites is 1. The van der Waals surface area contributed by atoms with Gasteiger partial charge < -0.3 is 5.32 Å². The van der Waals surface area contributed by atoms with Crippen LogP contribution in [0.25, 0.3) is 16.7 Å². The number of hydrogen-bond acceptors (Lipinski definition) is 6. The van der Waals surface area contributed by atoms with E-state index in [2.05, 4.69) is 38.6 Å². The summed E-state index contributed by atoms with van der Waals surface area (Å²) in [6.07, 6.45) is 2.21. The first-order chi connectivity index (χ1) is 16.5. The van der Waals surface area contributed by atoms with Crippen LogP contribution in [-0.2, 0) is 6.42 Å². The summed E-state index contributed by atoms with van der Waals surface area (Å²) >= 11 is 0. The number of hydrogen-bond donors (Lipinski definition) is 1. The summed E-state index contributed by atoms with van der Waals surface area (Å²) in [5.41, 5.74) is 5.38. The molecule has 0 bridgehead atoms. The third kappa shape index (κ3) is 3.97. The van der Waals surface area contributed by atoms with Crippen molar-refractivity contribution in [3.8, 4) is 11.9 Å². The van der Waals surface area contributed by atoms with Gasteiger partial charge in [0.15, 0.2) is 11.6 Å². The zero-order valence-corrected chi connectivity index (χ0v) is 19.2. The SMILES string of the molecule is Cc1nc(C)c(Cc2ccccc2)c(Nc2c(C#N)cnn2-c2cc(C)c3ccccc3n2)n1. The molecule has 0 aliphatic heterocycles. The Morgan fingerprint density at radius 1 is 0.941 bits per heavy atom. The fraction of sp³-hybridized carbons (Fsp3) is 0.148. The van der Waals surface area contributed by atoms with Gasteiger partial charge in [0.25, 0.3) is 0 Å². The van der Waals surface area contributed by atoms with Crippen molar-refractivity contribution in [3.05, 3.63) is 101 Å². The number of anilines is 2. The first-order valence-electron chi connectivity index (χ1n) is 11.0. The molecule has 0 saturated carbocycles. The Labute approximate surface area is 197 Å². The van der Waals surface area contributed by atoms with Crippen LogP contribution < -0.4 is 5.32 Å². The third-order valence-electron chi connectivity index (χ3n) is 5.80. The molecule has 1 N–H and O–H groups in total. The minimum Gasteiger partial charge on any atom is -0.323 e. The van der Waals surface area contributed by atoms with Crippen LogP contribution in [0.3, 0.4) is 0 Å². The fourth-order valence-corrected chi connectivity index (χ4v) is 4.13. The average molecular weight is 446 g/mol. The molecule has 5 rings (SSSR count). The van der Waals surface area contributed by atoms with E-state index in [0.717, 1.165) is 33.3 Å². The van der Waals surface area contributed by atoms with Gasteiger partial charge in [0, 0.05) is 23.1 Å². The van der Waals surface area contributed by atoms with Crippen molar-refractivity contribution in [1.82, 2.24) is 24.7 Å². The minimum atomic E-state index is 0.409. The van der Waals surface area contributed by atoms with Gasteiger partial charge in [0.05, 0.1) is 11.7 Å². The lowest BCUT2D eigenvalue weighted by molar-refractivity contribution is 0.855. The summed E-state index contributed by atoms with van der Waals surface area (Å²) in [6, 6.07) is 22.4. The number of nitriles is 1. The van der Waals surface area contributed by atoms with Crippen LogP contribution in [0, 0.1) is 32.1 Å². The Bertz CT molecular complexity index is 1550. The highest BCUT2D eigenvalue weighted by Gasteiger charge is 2.19. The molecule has 7 nitrogen and oxygen atoms in total. The number of pyridine rings is 1. The first-order valence-corrected chi connectivity index (χ1v) is 11.0. The van der Waals surface area contributed by atoms with Gasteiger partial charge in [0.1, 0.15) is 23.3 Å². The third-order valence-corrected chi connectivity index (χ3v) is 5.80. The Morgan fingerprint density at radius 2 is 1.71 bits per heavy atom. The molecule has 0 radical (unpaired) electrons. The van der Waals surface area contributed by atoms with Crippen LogP contribution in [0.1, 0.15) is 33.8 Å². The molecule has 34 heavy (non-hydrogen) atoms. The molecule has 0 fully saturated rings. The van der Waals surface area contributed by atoms with E-state index >= 15 is 0 Å². The fourth-order valence-electron chi connectivity index (χ4n) is 4.13. The average Bonchev–Trinajstić information content (AvgIpc) is 3.24. The molecule has 0 aliphatic rings. The standard InChI is InChI=1S/C27H23N7/c1-17-13-25(32-24-12-8-7-11-22(17)24)34-27(21(15-28)16-29-34)33-26-23(18(2)30-19(3)31-26)14-20-9-5-4-6-10-20/h4-13,16H,14H2,1-3H3,(H,30,31,33). The topological polar surface area (TPSA) is 92.3 Å². The lowest BCUT2D eigenvalue weighted by Crippen LogP contribution is -2.11. The van der Waals surface area contributed by atoms with E-state index in [9.17, 15) is 5.26 Å². The number of nitrogens with zero attached hydrogens (tertiary/aromatic N) is 6. The maximum atomic E-state index is 9.80. The molecule has 0 saturated heterocycles. The largest absolute Gasteiger partial charge is 0.323 e. The van der Waals surface area contributed by atoms with Crippen molar-refractivity contribution < 1.29 is 0 Å². The zero-order chi connectivity index (χ0) is 23.7. The normalized spacial score (nSPS) is 10.9. The van der Waals surface area contributed by atoms with Gasteiger partial charge >= 0.3 is 0 Å². The molecule has 0 amide bonds. The molecule has 0 unspecified atom stereocenters. The van der Waals surface area contributed by atoms with E-state index in [1.54, 1.807) is 10.9 Å². The van der Waals surface area contributed by atoms with Crippen molar-refractivity contribution >= 4 is 22.5 Å². The molecular weight excluding hydrogens is 422 g/mol. The Kier molecular flexibility index (Phi) is 5.48. The van der Waals surface area contributed by atoms with Gasteiger partial charge in [-0.2, -0.15) is 15.0 Å². The predicted molar refractivity (Wildman–Crippen MR) is 132 cm³/mol. The quantitative estimate of drug-likeness (QED) is 0.392. The molecule has 0 aliphatic carbocycles. The van der Waals surface area contributed by atoms with Gasteiger partial charge in [0.2, 0.25) is 0 Å². The maximum Gasteiger partial charge on any atom is 0.156 e. The van der Waals surface area contributed by atoms with Crippen LogP contribution in [0.5, 0.6) is 0 Å². The van der Waals surface area contributed by atoms with Crippen molar-refractivity contribution in [2.75, 3.05) is 5.32 Å². The Morgan fingerprint density at radius 3 is 2.50 bits per heavy atom. The summed E-state index contributed by atoms with van der Waals surface area (Å²) < 4.78 is 1.66. The van der Waals surface area contributed by atoms with Crippen LogP contribution >= 0.6 is 0 Å². The van der Waals surface area contributed by atoms with Crippen LogP contribution in [-0.4, -0.2) is 24.7 Å². The highest BCUT2D eigenvalue weighted by Crippen LogP contribution is 2.28. The van der Waals surface area contributed by atoms with Crippen molar-refractivity contribution in [2.45, 2.75) is 27.2 Å². The second kappa shape index (κ2) is 8.75. The highest BCUT2D eigenvalue weighted by atomic mass is 15.4. The van der Waals surface area contributed by atoms with E-state index < -0.39 is 0 Å². The Hall–Kier alpha value is -4.57. The molecular formula is C27H23N7. The molecule has 7 heteroatoms. The van der Waals surface area contributed by atoms with Crippen molar-refractivity contribution in [1.29, 1.82) is 5.26 Å². The number of nitrogens with one attached hydrogen (secondary N) is 1. The highest BCUT2D eigenvalue weighted by molar-refractivity contribution is 5.83. The predicted octanol–water partition coefficient (Wildman–Crippen LogP) is 5.34. The number of rotatable bonds is 5. The van der Waals surface area contributed by atoms with Gasteiger partial charge in [-0.1, -0.05) is 48.5 Å². The second-order valence-corrected chi connectivity index (χ2v) is 8.22. The van der Waals surface area contributed by atoms with E-state index in [4.69, 9.17) is 4.98 Å². The van der Waals surface area contributed by atoms with Gasteiger partial charge in [-0.15, -0.1) is 0 Å². The smallest absolute Gasteiger partial charge is 0.156 e. The monoisotopic (exact) mass is 445 g/mol. The number of aromatic nitrogens is 5. The lowest BCUT2D eigenvalue weighted by atomic mass is 10.0. The minimum absolute atomic E-state index is 0.409. The molecule has 3 aromatic heterocycles. The summed E-state index contributed by atoms with van der Waals surface area (Å²) in [6.45, 7) is 5.89. The maximum absolute atomic E-state index is 9.80. The summed E-state index contributed by atoms with van der Waals surface area (Å²) in [5.74, 6) is 2.47. The second-order valence-electron chi connectivity index (χ2n) is 8.22. The van der Waals surface area contributed by atoms with Gasteiger partial charge in [-0.05, 0) is 44.0 Å². The molecule has 166 valence electrons. The number of benzene rings is 2. The van der Waals surface area contributed by atoms with E-state index in [1.165, 1.54) is 0 Å². The number of fused-ring (bicyclic) bond motifs is 1. The Balaban J connectivity index is 1.62. The summed E-state index contributed by atoms with van der Waals surface area (Å²) in [5, 5.41) is 18.8. The van der Waals surface area contributed by atoms with Gasteiger partial charge in [-0.3, -0.25) is 0 Å². The zero-order valence-electron chi connectivity index (χ0n) is 19.2. The van der Waals surface area contributed by atoms with E-state index in [1.807, 2.05) is 69.3 Å². The number of aryl methyl sites for hydroxylation is 3. The van der Waals surface area contributed by atoms with Crippen LogP contribution in [0.4, 0.5) is 11.6 Å². The molecule has 2 aromatic carbocycles. The van der Waals surface area contributed by atoms with Crippen LogP contribution in [0.15, 0.2) is 66.9 Å².